The smallest absolute Gasteiger partial charge is 0.264 e. The fourth-order valence-corrected chi connectivity index (χ4v) is 4.27. The number of benzene rings is 2. The number of ether oxygens (including phenoxy) is 2. The van der Waals surface area contributed by atoms with E-state index in [9.17, 15) is 14.3 Å². The molecule has 5 nitrogen and oxygen atoms in total. The SMILES string of the molecule is O=C1N(Cc2ccc(F)cc2)C2CC=CC=C2C1(O)c1ccc2c(c1)OCCO2. The minimum atomic E-state index is -1.77. The fourth-order valence-electron chi connectivity index (χ4n) is 4.27. The summed E-state index contributed by atoms with van der Waals surface area (Å²) in [5.74, 6) is 0.413. The molecule has 1 N–H and O–H groups in total. The van der Waals surface area contributed by atoms with E-state index in [1.54, 1.807) is 35.2 Å². The number of carbonyl (C=O) groups excluding carboxylic acids is 1. The van der Waals surface area contributed by atoms with E-state index in [1.807, 2.05) is 18.2 Å². The van der Waals surface area contributed by atoms with Crippen LogP contribution in [0.15, 0.2) is 66.3 Å². The molecule has 2 aromatic rings. The molecular formula is C23H20FNO4. The molecule has 5 rings (SSSR count). The number of hydrogen-bond acceptors (Lipinski definition) is 4. The van der Waals surface area contributed by atoms with Crippen LogP contribution in [0.5, 0.6) is 11.5 Å². The van der Waals surface area contributed by atoms with Crippen molar-refractivity contribution in [3.8, 4) is 11.5 Å². The summed E-state index contributed by atoms with van der Waals surface area (Å²) in [5, 5.41) is 11.7. The van der Waals surface area contributed by atoms with Crippen molar-refractivity contribution in [2.75, 3.05) is 13.2 Å². The Balaban J connectivity index is 1.55. The van der Waals surface area contributed by atoms with Gasteiger partial charge >= 0.3 is 0 Å². The molecule has 3 aliphatic rings. The fraction of sp³-hybridized carbons (Fsp3) is 0.261. The van der Waals surface area contributed by atoms with E-state index in [0.717, 1.165) is 5.56 Å². The number of fused-ring (bicyclic) bond motifs is 2. The maximum atomic E-state index is 13.5. The monoisotopic (exact) mass is 393 g/mol. The zero-order valence-electron chi connectivity index (χ0n) is 15.7. The molecule has 148 valence electrons. The Morgan fingerprint density at radius 2 is 1.86 bits per heavy atom. The highest BCUT2D eigenvalue weighted by Crippen LogP contribution is 2.46. The second-order valence-corrected chi connectivity index (χ2v) is 7.43. The third-order valence-electron chi connectivity index (χ3n) is 5.72. The Labute approximate surface area is 167 Å². The number of hydrogen-bond donors (Lipinski definition) is 1. The van der Waals surface area contributed by atoms with E-state index in [4.69, 9.17) is 9.47 Å². The van der Waals surface area contributed by atoms with Crippen LogP contribution < -0.4 is 9.47 Å². The van der Waals surface area contributed by atoms with Crippen LogP contribution in [0.2, 0.25) is 0 Å². The molecule has 29 heavy (non-hydrogen) atoms. The van der Waals surface area contributed by atoms with Crippen molar-refractivity contribution in [3.05, 3.63) is 83.2 Å². The van der Waals surface area contributed by atoms with E-state index in [-0.39, 0.29) is 11.9 Å². The summed E-state index contributed by atoms with van der Waals surface area (Å²) >= 11 is 0. The lowest BCUT2D eigenvalue weighted by atomic mass is 9.83. The number of carbonyl (C=O) groups is 1. The van der Waals surface area contributed by atoms with Crippen LogP contribution in [0.4, 0.5) is 4.39 Å². The first-order valence-corrected chi connectivity index (χ1v) is 9.62. The maximum Gasteiger partial charge on any atom is 0.264 e. The quantitative estimate of drug-likeness (QED) is 0.871. The lowest BCUT2D eigenvalue weighted by molar-refractivity contribution is -0.143. The summed E-state index contributed by atoms with van der Waals surface area (Å²) in [6, 6.07) is 10.9. The number of rotatable bonds is 3. The lowest BCUT2D eigenvalue weighted by Crippen LogP contribution is -2.39. The summed E-state index contributed by atoms with van der Waals surface area (Å²) in [4.78, 5) is 15.2. The molecule has 1 fully saturated rings. The molecule has 0 radical (unpaired) electrons. The van der Waals surface area contributed by atoms with Crippen molar-refractivity contribution < 1.29 is 23.8 Å². The molecule has 6 heteroatoms. The molecule has 0 bridgehead atoms. The van der Waals surface area contributed by atoms with E-state index in [1.165, 1.54) is 12.1 Å². The van der Waals surface area contributed by atoms with Gasteiger partial charge in [-0.15, -0.1) is 0 Å². The average Bonchev–Trinajstić information content (AvgIpc) is 2.98. The van der Waals surface area contributed by atoms with E-state index >= 15 is 0 Å². The molecule has 0 spiro atoms. The summed E-state index contributed by atoms with van der Waals surface area (Å²) in [6.45, 7) is 1.19. The van der Waals surface area contributed by atoms with Crippen molar-refractivity contribution in [2.24, 2.45) is 0 Å². The van der Waals surface area contributed by atoms with Gasteiger partial charge in [-0.3, -0.25) is 4.79 Å². The van der Waals surface area contributed by atoms with Gasteiger partial charge in [0.05, 0.1) is 6.04 Å². The molecule has 1 saturated heterocycles. The van der Waals surface area contributed by atoms with Gasteiger partial charge in [0, 0.05) is 12.1 Å². The van der Waals surface area contributed by atoms with Crippen LogP contribution in [0.1, 0.15) is 17.5 Å². The van der Waals surface area contributed by atoms with Gasteiger partial charge in [0.15, 0.2) is 17.1 Å². The molecule has 1 amide bonds. The minimum Gasteiger partial charge on any atom is -0.486 e. The highest BCUT2D eigenvalue weighted by atomic mass is 19.1. The average molecular weight is 393 g/mol. The van der Waals surface area contributed by atoms with Gasteiger partial charge in [-0.2, -0.15) is 0 Å². The molecule has 1 aliphatic carbocycles. The maximum absolute atomic E-state index is 13.5. The van der Waals surface area contributed by atoms with Crippen molar-refractivity contribution in [1.82, 2.24) is 4.90 Å². The summed E-state index contributed by atoms with van der Waals surface area (Å²) in [6.07, 6.45) is 6.28. The standard InChI is InChI=1S/C23H20FNO4/c24-17-8-5-15(6-9-17)14-25-19-4-2-1-3-18(19)23(27,22(25)26)16-7-10-20-21(13-16)29-12-11-28-20/h1-3,5-10,13,19,27H,4,11-12,14H2. The van der Waals surface area contributed by atoms with E-state index < -0.39 is 11.5 Å². The number of nitrogens with zero attached hydrogens (tertiary/aromatic N) is 1. The van der Waals surface area contributed by atoms with Crippen LogP contribution in [-0.4, -0.2) is 35.2 Å². The number of amides is 1. The van der Waals surface area contributed by atoms with Gasteiger partial charge in [-0.25, -0.2) is 4.39 Å². The Kier molecular flexibility index (Phi) is 4.17. The van der Waals surface area contributed by atoms with E-state index in [0.29, 0.717) is 48.8 Å². The largest absolute Gasteiger partial charge is 0.486 e. The topological polar surface area (TPSA) is 59.0 Å². The molecule has 2 atom stereocenters. The Bertz CT molecular complexity index is 1030. The second-order valence-electron chi connectivity index (χ2n) is 7.43. The molecule has 2 aliphatic heterocycles. The van der Waals surface area contributed by atoms with Crippen LogP contribution in [0.3, 0.4) is 0 Å². The zero-order valence-corrected chi connectivity index (χ0v) is 15.7. The Morgan fingerprint density at radius 1 is 1.10 bits per heavy atom. The highest BCUT2D eigenvalue weighted by Gasteiger charge is 2.55. The Morgan fingerprint density at radius 3 is 2.66 bits per heavy atom. The van der Waals surface area contributed by atoms with E-state index in [2.05, 4.69) is 0 Å². The van der Waals surface area contributed by atoms with Gasteiger partial charge in [-0.1, -0.05) is 36.4 Å². The lowest BCUT2D eigenvalue weighted by Gasteiger charge is -2.26. The summed E-state index contributed by atoms with van der Waals surface area (Å²) < 4.78 is 24.5. The predicted molar refractivity (Wildman–Crippen MR) is 104 cm³/mol. The van der Waals surface area contributed by atoms with Gasteiger partial charge < -0.3 is 19.5 Å². The first-order valence-electron chi connectivity index (χ1n) is 9.62. The zero-order chi connectivity index (χ0) is 20.0. The number of likely N-dealkylation sites (tertiary alicyclic amines) is 1. The summed E-state index contributed by atoms with van der Waals surface area (Å²) in [5.41, 5.74) is 0.134. The second kappa shape index (κ2) is 6.74. The van der Waals surface area contributed by atoms with Gasteiger partial charge in [0.2, 0.25) is 0 Å². The molecule has 2 aromatic carbocycles. The minimum absolute atomic E-state index is 0.254. The number of allylic oxidation sites excluding steroid dienone is 2. The van der Waals surface area contributed by atoms with Crippen molar-refractivity contribution in [1.29, 1.82) is 0 Å². The van der Waals surface area contributed by atoms with Gasteiger partial charge in [0.25, 0.3) is 5.91 Å². The van der Waals surface area contributed by atoms with Crippen LogP contribution >= 0.6 is 0 Å². The van der Waals surface area contributed by atoms with Crippen molar-refractivity contribution >= 4 is 5.91 Å². The third-order valence-corrected chi connectivity index (χ3v) is 5.72. The van der Waals surface area contributed by atoms with Crippen molar-refractivity contribution in [3.63, 3.8) is 0 Å². The predicted octanol–water partition coefficient (Wildman–Crippen LogP) is 3.08. The van der Waals surface area contributed by atoms with Crippen LogP contribution in [0, 0.1) is 5.82 Å². The number of halogens is 1. The number of aliphatic hydroxyl groups is 1. The highest BCUT2D eigenvalue weighted by molar-refractivity contribution is 5.94. The third kappa shape index (κ3) is 2.83. The molecule has 0 saturated carbocycles. The molecular weight excluding hydrogens is 373 g/mol. The van der Waals surface area contributed by atoms with Crippen LogP contribution in [-0.2, 0) is 16.9 Å². The van der Waals surface area contributed by atoms with Crippen LogP contribution in [0.25, 0.3) is 0 Å². The normalized spacial score (nSPS) is 25.0. The molecule has 0 aromatic heterocycles. The van der Waals surface area contributed by atoms with Gasteiger partial charge in [-0.05, 0) is 41.8 Å². The van der Waals surface area contributed by atoms with Gasteiger partial charge in [0.1, 0.15) is 19.0 Å². The molecule has 2 unspecified atom stereocenters. The molecule has 2 heterocycles. The summed E-state index contributed by atoms with van der Waals surface area (Å²) in [7, 11) is 0. The Hall–Kier alpha value is -3.12. The van der Waals surface area contributed by atoms with Crippen molar-refractivity contribution in [2.45, 2.75) is 24.6 Å². The first kappa shape index (κ1) is 17.9. The first-order chi connectivity index (χ1) is 14.1.